The fourth-order valence-corrected chi connectivity index (χ4v) is 4.29. The van der Waals surface area contributed by atoms with Crippen LogP contribution in [0.25, 0.3) is 22.0 Å². The van der Waals surface area contributed by atoms with Gasteiger partial charge in [0.15, 0.2) is 5.58 Å². The van der Waals surface area contributed by atoms with Crippen LogP contribution in [0.15, 0.2) is 51.7 Å². The predicted octanol–water partition coefficient (Wildman–Crippen LogP) is 3.35. The number of aromatic amines is 1. The summed E-state index contributed by atoms with van der Waals surface area (Å²) >= 11 is 0. The Balaban J connectivity index is 1.40. The van der Waals surface area contributed by atoms with E-state index in [-0.39, 0.29) is 18.4 Å². The standard InChI is InChI=1S/C24H24N4O5/c1-32-20-7-5-6-17-16(20)13-18(26-17)23(30)25-15-8-9-21-19(12-15)28(24(31)33-21)14-22(29)27-10-3-2-4-11-27/h5-9,12-13,26H,2-4,10-11,14H2,1H3,(H,25,30). The van der Waals surface area contributed by atoms with Gasteiger partial charge in [-0.15, -0.1) is 0 Å². The molecule has 1 fully saturated rings. The average molecular weight is 448 g/mol. The number of nitrogens with one attached hydrogen (secondary N) is 2. The summed E-state index contributed by atoms with van der Waals surface area (Å²) in [6.45, 7) is 1.32. The monoisotopic (exact) mass is 448 g/mol. The lowest BCUT2D eigenvalue weighted by atomic mass is 10.1. The van der Waals surface area contributed by atoms with E-state index in [1.807, 2.05) is 18.2 Å². The number of hydrogen-bond acceptors (Lipinski definition) is 5. The largest absolute Gasteiger partial charge is 0.496 e. The van der Waals surface area contributed by atoms with E-state index >= 15 is 0 Å². The van der Waals surface area contributed by atoms with E-state index in [9.17, 15) is 14.4 Å². The Kier molecular flexibility index (Phi) is 5.37. The Morgan fingerprint density at radius 1 is 1.12 bits per heavy atom. The molecule has 0 saturated carbocycles. The van der Waals surface area contributed by atoms with E-state index in [4.69, 9.17) is 9.15 Å². The second kappa shape index (κ2) is 8.50. The van der Waals surface area contributed by atoms with Crippen LogP contribution >= 0.6 is 0 Å². The van der Waals surface area contributed by atoms with E-state index in [0.717, 1.165) is 30.2 Å². The number of piperidine rings is 1. The predicted molar refractivity (Wildman–Crippen MR) is 124 cm³/mol. The number of aromatic nitrogens is 2. The Morgan fingerprint density at radius 2 is 1.94 bits per heavy atom. The number of benzene rings is 2. The number of carbonyl (C=O) groups excluding carboxylic acids is 2. The molecule has 2 N–H and O–H groups in total. The molecule has 5 rings (SSSR count). The zero-order chi connectivity index (χ0) is 22.9. The highest BCUT2D eigenvalue weighted by molar-refractivity contribution is 6.07. The minimum absolute atomic E-state index is 0.0922. The van der Waals surface area contributed by atoms with Crippen molar-refractivity contribution in [1.82, 2.24) is 14.5 Å². The molecule has 9 nitrogen and oxygen atoms in total. The van der Waals surface area contributed by atoms with Gasteiger partial charge in [0.25, 0.3) is 5.91 Å². The van der Waals surface area contributed by atoms with Crippen molar-refractivity contribution in [1.29, 1.82) is 0 Å². The highest BCUT2D eigenvalue weighted by Crippen LogP contribution is 2.27. The molecule has 0 radical (unpaired) electrons. The number of rotatable bonds is 5. The van der Waals surface area contributed by atoms with E-state index in [2.05, 4.69) is 10.3 Å². The molecule has 0 unspecified atom stereocenters. The maximum atomic E-state index is 12.9. The first kappa shape index (κ1) is 20.9. The van der Waals surface area contributed by atoms with Gasteiger partial charge in [-0.25, -0.2) is 4.79 Å². The summed E-state index contributed by atoms with van der Waals surface area (Å²) in [6.07, 6.45) is 3.07. The molecule has 0 bridgehead atoms. The minimum Gasteiger partial charge on any atom is -0.496 e. The van der Waals surface area contributed by atoms with E-state index in [1.54, 1.807) is 36.3 Å². The van der Waals surface area contributed by atoms with Gasteiger partial charge in [-0.2, -0.15) is 0 Å². The lowest BCUT2D eigenvalue weighted by molar-refractivity contribution is -0.132. The van der Waals surface area contributed by atoms with Gasteiger partial charge in [0.05, 0.1) is 12.6 Å². The summed E-state index contributed by atoms with van der Waals surface area (Å²) < 4.78 is 12.0. The Labute approximate surface area is 188 Å². The van der Waals surface area contributed by atoms with Gasteiger partial charge in [0.2, 0.25) is 5.91 Å². The summed E-state index contributed by atoms with van der Waals surface area (Å²) in [6, 6.07) is 12.2. The lowest BCUT2D eigenvalue weighted by Crippen LogP contribution is -2.39. The molecule has 1 aliphatic heterocycles. The van der Waals surface area contributed by atoms with Crippen LogP contribution in [-0.2, 0) is 11.3 Å². The number of oxazole rings is 1. The zero-order valence-electron chi connectivity index (χ0n) is 18.2. The first-order chi connectivity index (χ1) is 16.0. The second-order valence-corrected chi connectivity index (χ2v) is 8.14. The Hall–Kier alpha value is -4.01. The highest BCUT2D eigenvalue weighted by Gasteiger charge is 2.20. The number of ether oxygens (including phenoxy) is 1. The number of fused-ring (bicyclic) bond motifs is 2. The SMILES string of the molecule is COc1cccc2[nH]c(C(=O)Nc3ccc4oc(=O)n(CC(=O)N5CCCCC5)c4c3)cc12. The fraction of sp³-hybridized carbons (Fsp3) is 0.292. The van der Waals surface area contributed by atoms with E-state index < -0.39 is 5.76 Å². The maximum Gasteiger partial charge on any atom is 0.420 e. The van der Waals surface area contributed by atoms with Gasteiger partial charge in [-0.3, -0.25) is 14.2 Å². The quantitative estimate of drug-likeness (QED) is 0.487. The van der Waals surface area contributed by atoms with Crippen LogP contribution in [0.3, 0.4) is 0 Å². The molecule has 33 heavy (non-hydrogen) atoms. The van der Waals surface area contributed by atoms with Crippen LogP contribution in [0, 0.1) is 0 Å². The number of likely N-dealkylation sites (tertiary alicyclic amines) is 1. The minimum atomic E-state index is -0.596. The third-order valence-electron chi connectivity index (χ3n) is 6.02. The number of amides is 2. The van der Waals surface area contributed by atoms with Crippen LogP contribution in [0.4, 0.5) is 5.69 Å². The highest BCUT2D eigenvalue weighted by atomic mass is 16.5. The topological polar surface area (TPSA) is 110 Å². The number of methoxy groups -OCH3 is 1. The third-order valence-corrected chi connectivity index (χ3v) is 6.02. The first-order valence-electron chi connectivity index (χ1n) is 10.9. The van der Waals surface area contributed by atoms with E-state index in [0.29, 0.717) is 41.3 Å². The number of nitrogens with zero attached hydrogens (tertiary/aromatic N) is 2. The molecule has 0 atom stereocenters. The summed E-state index contributed by atoms with van der Waals surface area (Å²) in [5.74, 6) is -0.373. The first-order valence-corrected chi connectivity index (χ1v) is 10.9. The molecule has 0 aliphatic carbocycles. The summed E-state index contributed by atoms with van der Waals surface area (Å²) in [4.78, 5) is 42.8. The van der Waals surface area contributed by atoms with Crippen molar-refractivity contribution >= 4 is 39.5 Å². The molecule has 2 aromatic carbocycles. The van der Waals surface area contributed by atoms with Crippen molar-refractivity contribution in [3.8, 4) is 5.75 Å². The van der Waals surface area contributed by atoms with E-state index in [1.165, 1.54) is 4.57 Å². The van der Waals surface area contributed by atoms with Crippen LogP contribution in [0.2, 0.25) is 0 Å². The molecule has 2 aromatic heterocycles. The molecule has 170 valence electrons. The maximum absolute atomic E-state index is 12.9. The van der Waals surface area contributed by atoms with Crippen molar-refractivity contribution in [3.63, 3.8) is 0 Å². The summed E-state index contributed by atoms with van der Waals surface area (Å²) in [5, 5.41) is 3.64. The van der Waals surface area contributed by atoms with Crippen molar-refractivity contribution < 1.29 is 18.7 Å². The molecule has 4 aromatic rings. The fourth-order valence-electron chi connectivity index (χ4n) is 4.29. The van der Waals surface area contributed by atoms with Crippen molar-refractivity contribution in [2.24, 2.45) is 0 Å². The number of carbonyl (C=O) groups is 2. The number of anilines is 1. The van der Waals surface area contributed by atoms with Crippen LogP contribution in [-0.4, -0.2) is 46.5 Å². The molecule has 9 heteroatoms. The van der Waals surface area contributed by atoms with Crippen LogP contribution in [0.5, 0.6) is 5.75 Å². The average Bonchev–Trinajstić information content (AvgIpc) is 3.41. The molecule has 0 spiro atoms. The normalized spacial score (nSPS) is 14.0. The molecular formula is C24H24N4O5. The molecule has 2 amide bonds. The third kappa shape index (κ3) is 3.97. The van der Waals surface area contributed by atoms with Gasteiger partial charge >= 0.3 is 5.76 Å². The molecule has 1 saturated heterocycles. The van der Waals surface area contributed by atoms with Crippen molar-refractivity contribution in [2.75, 3.05) is 25.5 Å². The Morgan fingerprint density at radius 3 is 2.73 bits per heavy atom. The van der Waals surface area contributed by atoms with Gasteiger partial charge in [-0.05, 0) is 55.7 Å². The molecular weight excluding hydrogens is 424 g/mol. The number of hydrogen-bond donors (Lipinski definition) is 2. The number of H-pyrrole nitrogens is 1. The van der Waals surface area contributed by atoms with Gasteiger partial charge < -0.3 is 24.4 Å². The second-order valence-electron chi connectivity index (χ2n) is 8.14. The summed E-state index contributed by atoms with van der Waals surface area (Å²) in [5.41, 5.74) is 2.47. The van der Waals surface area contributed by atoms with Crippen molar-refractivity contribution in [2.45, 2.75) is 25.8 Å². The molecule has 3 heterocycles. The van der Waals surface area contributed by atoms with Crippen molar-refractivity contribution in [3.05, 3.63) is 58.7 Å². The van der Waals surface area contributed by atoms with Gasteiger partial charge in [-0.1, -0.05) is 6.07 Å². The molecule has 1 aliphatic rings. The zero-order valence-corrected chi connectivity index (χ0v) is 18.2. The lowest BCUT2D eigenvalue weighted by Gasteiger charge is -2.26. The smallest absolute Gasteiger partial charge is 0.420 e. The van der Waals surface area contributed by atoms with Crippen LogP contribution < -0.4 is 15.8 Å². The van der Waals surface area contributed by atoms with Gasteiger partial charge in [0, 0.05) is 29.7 Å². The van der Waals surface area contributed by atoms with Crippen LogP contribution in [0.1, 0.15) is 29.8 Å². The summed E-state index contributed by atoms with van der Waals surface area (Å²) in [7, 11) is 1.58. The Bertz CT molecular complexity index is 1410. The van der Waals surface area contributed by atoms with Gasteiger partial charge in [0.1, 0.15) is 18.0 Å².